The lowest BCUT2D eigenvalue weighted by molar-refractivity contribution is -0.122. The topological polar surface area (TPSA) is 53.2 Å². The van der Waals surface area contributed by atoms with E-state index in [2.05, 4.69) is 17.6 Å². The first-order valence-corrected chi connectivity index (χ1v) is 6.75. The first-order valence-electron chi connectivity index (χ1n) is 6.75. The highest BCUT2D eigenvalue weighted by Gasteiger charge is 2.28. The van der Waals surface area contributed by atoms with Crippen molar-refractivity contribution in [1.82, 2.24) is 16.0 Å². The second-order valence-corrected chi connectivity index (χ2v) is 4.94. The molecule has 4 nitrogen and oxygen atoms in total. The van der Waals surface area contributed by atoms with Crippen molar-refractivity contribution in [3.63, 3.8) is 0 Å². The van der Waals surface area contributed by atoms with Crippen LogP contribution >= 0.6 is 0 Å². The molecule has 0 aromatic heterocycles. The first kappa shape index (κ1) is 16.1. The number of rotatable bonds is 5. The van der Waals surface area contributed by atoms with E-state index < -0.39 is 18.8 Å². The third kappa shape index (κ3) is 7.25. The van der Waals surface area contributed by atoms with Crippen molar-refractivity contribution in [3.8, 4) is 0 Å². The van der Waals surface area contributed by atoms with E-state index in [0.29, 0.717) is 6.04 Å². The molecule has 0 aromatic carbocycles. The maximum atomic E-state index is 11.9. The van der Waals surface area contributed by atoms with Crippen molar-refractivity contribution in [2.45, 2.75) is 57.3 Å². The van der Waals surface area contributed by atoms with Gasteiger partial charge in [-0.1, -0.05) is 6.92 Å². The second-order valence-electron chi connectivity index (χ2n) is 4.94. The Labute approximate surface area is 111 Å². The molecule has 0 saturated heterocycles. The Kier molecular flexibility index (Phi) is 6.41. The Hall–Kier alpha value is -0.980. The lowest BCUT2D eigenvalue weighted by atomic mass is 9.91. The highest BCUT2D eigenvalue weighted by molar-refractivity contribution is 5.74. The van der Waals surface area contributed by atoms with Crippen LogP contribution in [0.3, 0.4) is 0 Å². The second kappa shape index (κ2) is 7.57. The van der Waals surface area contributed by atoms with Gasteiger partial charge in [0.05, 0.1) is 0 Å². The molecule has 1 rings (SSSR count). The molecule has 0 aliphatic heterocycles. The van der Waals surface area contributed by atoms with Gasteiger partial charge in [-0.25, -0.2) is 4.79 Å². The molecule has 0 heterocycles. The average Bonchev–Trinajstić information content (AvgIpc) is 2.35. The largest absolute Gasteiger partial charge is 0.405 e. The number of alkyl halides is 3. The molecule has 112 valence electrons. The molecule has 1 saturated carbocycles. The van der Waals surface area contributed by atoms with Crippen LogP contribution in [-0.2, 0) is 0 Å². The fraction of sp³-hybridized carbons (Fsp3) is 0.917. The molecular formula is C12H22F3N3O. The van der Waals surface area contributed by atoms with Crippen LogP contribution in [0.1, 0.15) is 39.0 Å². The van der Waals surface area contributed by atoms with E-state index in [0.717, 1.165) is 38.6 Å². The van der Waals surface area contributed by atoms with Crippen LogP contribution in [-0.4, -0.2) is 37.4 Å². The standard InChI is InChI=1S/C12H22F3N3O/c1-2-7-16-9-3-5-10(6-4-9)18-11(19)17-8-12(13,14)15/h9-10,16H,2-8H2,1H3,(H2,17,18,19). The minimum atomic E-state index is -4.36. The lowest BCUT2D eigenvalue weighted by Gasteiger charge is -2.29. The number of amides is 2. The summed E-state index contributed by atoms with van der Waals surface area (Å²) in [5, 5.41) is 7.83. The van der Waals surface area contributed by atoms with Gasteiger partial charge >= 0.3 is 12.2 Å². The summed E-state index contributed by atoms with van der Waals surface area (Å²) in [7, 11) is 0. The van der Waals surface area contributed by atoms with E-state index in [-0.39, 0.29) is 6.04 Å². The number of nitrogens with one attached hydrogen (secondary N) is 3. The van der Waals surface area contributed by atoms with E-state index in [1.165, 1.54) is 0 Å². The molecule has 1 aliphatic rings. The summed E-state index contributed by atoms with van der Waals surface area (Å²) in [5.74, 6) is 0. The monoisotopic (exact) mass is 281 g/mol. The van der Waals surface area contributed by atoms with Gasteiger partial charge < -0.3 is 16.0 Å². The summed E-state index contributed by atoms with van der Waals surface area (Å²) in [6, 6.07) is -0.286. The average molecular weight is 281 g/mol. The molecule has 19 heavy (non-hydrogen) atoms. The van der Waals surface area contributed by atoms with Gasteiger partial charge in [0.15, 0.2) is 0 Å². The molecule has 0 atom stereocenters. The van der Waals surface area contributed by atoms with Gasteiger partial charge in [0.2, 0.25) is 0 Å². The van der Waals surface area contributed by atoms with Crippen molar-refractivity contribution in [1.29, 1.82) is 0 Å². The van der Waals surface area contributed by atoms with E-state index >= 15 is 0 Å². The molecule has 2 amide bonds. The van der Waals surface area contributed by atoms with E-state index in [1.54, 1.807) is 0 Å². The van der Waals surface area contributed by atoms with Gasteiger partial charge in [-0.2, -0.15) is 13.2 Å². The zero-order valence-corrected chi connectivity index (χ0v) is 11.1. The Bertz CT molecular complexity index is 276. The molecule has 0 spiro atoms. The predicted octanol–water partition coefficient (Wildman–Crippen LogP) is 2.16. The molecule has 3 N–H and O–H groups in total. The van der Waals surface area contributed by atoms with Crippen LogP contribution in [0.15, 0.2) is 0 Å². The first-order chi connectivity index (χ1) is 8.90. The van der Waals surface area contributed by atoms with Gasteiger partial charge in [0, 0.05) is 12.1 Å². The quantitative estimate of drug-likeness (QED) is 0.723. The maximum absolute atomic E-state index is 11.9. The smallest absolute Gasteiger partial charge is 0.335 e. The van der Waals surface area contributed by atoms with Gasteiger partial charge in [-0.05, 0) is 38.6 Å². The third-order valence-corrected chi connectivity index (χ3v) is 3.19. The number of halogens is 3. The molecule has 0 unspecified atom stereocenters. The number of carbonyl (C=O) groups is 1. The summed E-state index contributed by atoms with van der Waals surface area (Å²) in [6.45, 7) is 1.80. The summed E-state index contributed by atoms with van der Waals surface area (Å²) in [6.07, 6.45) is 0.229. The third-order valence-electron chi connectivity index (χ3n) is 3.19. The van der Waals surface area contributed by atoms with Crippen molar-refractivity contribution in [2.24, 2.45) is 0 Å². The highest BCUT2D eigenvalue weighted by atomic mass is 19.4. The number of carbonyl (C=O) groups excluding carboxylic acids is 1. The molecule has 1 fully saturated rings. The molecule has 1 aliphatic carbocycles. The van der Waals surface area contributed by atoms with Crippen LogP contribution < -0.4 is 16.0 Å². The predicted molar refractivity (Wildman–Crippen MR) is 66.9 cm³/mol. The van der Waals surface area contributed by atoms with Gasteiger partial charge in [0.1, 0.15) is 6.54 Å². The van der Waals surface area contributed by atoms with Crippen LogP contribution in [0.25, 0.3) is 0 Å². The Morgan fingerprint density at radius 2 is 1.74 bits per heavy atom. The minimum Gasteiger partial charge on any atom is -0.335 e. The summed E-state index contributed by atoms with van der Waals surface area (Å²) >= 11 is 0. The Morgan fingerprint density at radius 3 is 2.26 bits per heavy atom. The number of urea groups is 1. The van der Waals surface area contributed by atoms with Crippen molar-refractivity contribution < 1.29 is 18.0 Å². The van der Waals surface area contributed by atoms with Crippen molar-refractivity contribution in [2.75, 3.05) is 13.1 Å². The minimum absolute atomic E-state index is 0.0205. The zero-order valence-electron chi connectivity index (χ0n) is 11.1. The normalized spacial score (nSPS) is 24.0. The lowest BCUT2D eigenvalue weighted by Crippen LogP contribution is -2.47. The Morgan fingerprint density at radius 1 is 1.16 bits per heavy atom. The van der Waals surface area contributed by atoms with Crippen LogP contribution in [0, 0.1) is 0 Å². The molecule has 0 aromatic rings. The van der Waals surface area contributed by atoms with Gasteiger partial charge in [-0.15, -0.1) is 0 Å². The van der Waals surface area contributed by atoms with Crippen LogP contribution in [0.5, 0.6) is 0 Å². The highest BCUT2D eigenvalue weighted by Crippen LogP contribution is 2.18. The van der Waals surface area contributed by atoms with Crippen molar-refractivity contribution >= 4 is 6.03 Å². The Balaban J connectivity index is 2.16. The van der Waals surface area contributed by atoms with Gasteiger partial charge in [0.25, 0.3) is 0 Å². The molecule has 7 heteroatoms. The van der Waals surface area contributed by atoms with Crippen LogP contribution in [0.2, 0.25) is 0 Å². The SMILES string of the molecule is CCCNC1CCC(NC(=O)NCC(F)(F)F)CC1. The molecule has 0 bridgehead atoms. The number of hydrogen-bond acceptors (Lipinski definition) is 2. The fourth-order valence-electron chi connectivity index (χ4n) is 2.21. The van der Waals surface area contributed by atoms with E-state index in [9.17, 15) is 18.0 Å². The maximum Gasteiger partial charge on any atom is 0.405 e. The van der Waals surface area contributed by atoms with E-state index in [1.807, 2.05) is 5.32 Å². The molecular weight excluding hydrogens is 259 g/mol. The van der Waals surface area contributed by atoms with Crippen molar-refractivity contribution in [3.05, 3.63) is 0 Å². The fourth-order valence-corrected chi connectivity index (χ4v) is 2.21. The summed E-state index contributed by atoms with van der Waals surface area (Å²) in [4.78, 5) is 11.3. The van der Waals surface area contributed by atoms with Gasteiger partial charge in [-0.3, -0.25) is 0 Å². The zero-order chi connectivity index (χ0) is 14.3. The summed E-state index contributed by atoms with van der Waals surface area (Å²) in [5.41, 5.74) is 0. The van der Waals surface area contributed by atoms with E-state index in [4.69, 9.17) is 0 Å². The summed E-state index contributed by atoms with van der Waals surface area (Å²) < 4.78 is 35.7. The van der Waals surface area contributed by atoms with Crippen LogP contribution in [0.4, 0.5) is 18.0 Å². The number of hydrogen-bond donors (Lipinski definition) is 3. The molecule has 0 radical (unpaired) electrons.